The maximum absolute atomic E-state index is 15.3. The van der Waals surface area contributed by atoms with Gasteiger partial charge in [-0.25, -0.2) is 13.8 Å². The Morgan fingerprint density at radius 2 is 1.73 bits per heavy atom. The third-order valence-electron chi connectivity index (χ3n) is 6.82. The summed E-state index contributed by atoms with van der Waals surface area (Å²) < 4.78 is 50.6. The number of halogens is 2. The minimum Gasteiger partial charge on any atom is -0.506 e. The van der Waals surface area contributed by atoms with Gasteiger partial charge >= 0.3 is 0 Å². The van der Waals surface area contributed by atoms with Gasteiger partial charge in [0.1, 0.15) is 22.6 Å². The van der Waals surface area contributed by atoms with Crippen LogP contribution in [0.2, 0.25) is 0 Å². The minimum atomic E-state index is -0.778. The van der Waals surface area contributed by atoms with Crippen molar-refractivity contribution in [2.24, 2.45) is 0 Å². The molecule has 0 atom stereocenters. The lowest BCUT2D eigenvalue weighted by atomic mass is 9.95. The van der Waals surface area contributed by atoms with Crippen LogP contribution in [0, 0.1) is 25.5 Å². The summed E-state index contributed by atoms with van der Waals surface area (Å²) in [6.07, 6.45) is 1.49. The van der Waals surface area contributed by atoms with E-state index in [0.29, 0.717) is 33.6 Å². The molecule has 0 radical (unpaired) electrons. The van der Waals surface area contributed by atoms with Crippen LogP contribution in [0.3, 0.4) is 0 Å². The number of aromatic nitrogens is 3. The van der Waals surface area contributed by atoms with Gasteiger partial charge in [0.05, 0.1) is 32.0 Å². The molecule has 3 aromatic heterocycles. The molecule has 0 aliphatic carbocycles. The zero-order valence-corrected chi connectivity index (χ0v) is 24.5. The topological polar surface area (TPSA) is 125 Å². The van der Waals surface area contributed by atoms with Crippen molar-refractivity contribution in [1.82, 2.24) is 15.0 Å². The van der Waals surface area contributed by atoms with Crippen LogP contribution in [0.5, 0.6) is 28.9 Å². The lowest BCUT2D eigenvalue weighted by Crippen LogP contribution is -2.17. The number of hydrogen-bond acceptors (Lipinski definition) is 9. The van der Waals surface area contributed by atoms with E-state index in [-0.39, 0.29) is 52.2 Å². The normalized spacial score (nSPS) is 11.0. The Bertz CT molecular complexity index is 1900. The summed E-state index contributed by atoms with van der Waals surface area (Å²) >= 11 is 0. The van der Waals surface area contributed by atoms with E-state index in [1.54, 1.807) is 19.9 Å². The number of aryl methyl sites for hydroxylation is 2. The lowest BCUT2D eigenvalue weighted by molar-refractivity contribution is 0.101. The van der Waals surface area contributed by atoms with Crippen molar-refractivity contribution in [3.8, 4) is 40.0 Å². The zero-order chi connectivity index (χ0) is 31.5. The summed E-state index contributed by atoms with van der Waals surface area (Å²) in [6.45, 7) is 3.27. The lowest BCUT2D eigenvalue weighted by Gasteiger charge is -2.18. The predicted octanol–water partition coefficient (Wildman–Crippen LogP) is 6.50. The Morgan fingerprint density at radius 3 is 2.41 bits per heavy atom. The number of hydrogen-bond donors (Lipinski definition) is 2. The number of nitrogens with one attached hydrogen (secondary N) is 1. The number of pyridine rings is 3. The number of nitrogens with zero attached hydrogens (tertiary/aromatic N) is 3. The monoisotopic (exact) mass is 602 g/mol. The van der Waals surface area contributed by atoms with Crippen LogP contribution in [-0.4, -0.2) is 47.3 Å². The average molecular weight is 603 g/mol. The molecule has 0 fully saturated rings. The molecule has 0 bridgehead atoms. The minimum absolute atomic E-state index is 0.0778. The van der Waals surface area contributed by atoms with E-state index in [2.05, 4.69) is 20.3 Å². The first-order valence-corrected chi connectivity index (χ1v) is 13.3. The van der Waals surface area contributed by atoms with Crippen LogP contribution in [0.15, 0.2) is 54.7 Å². The number of ether oxygens (including phenoxy) is 4. The van der Waals surface area contributed by atoms with Gasteiger partial charge in [-0.3, -0.25) is 14.8 Å². The molecule has 12 heteroatoms. The quantitative estimate of drug-likeness (QED) is 0.194. The number of anilines is 1. The SMILES string of the molecule is COCc1nc(C)c(-c2ccc(F)cc2C)c(O)c1C(=O)Nc1ccc(Oc2ccnc3cc(OC)c(OC)nc23)c(F)c1. The van der Waals surface area contributed by atoms with Crippen LogP contribution in [0.1, 0.15) is 27.3 Å². The molecule has 0 saturated carbocycles. The summed E-state index contributed by atoms with van der Waals surface area (Å²) in [5.41, 5.74) is 2.62. The first-order valence-electron chi connectivity index (χ1n) is 13.3. The van der Waals surface area contributed by atoms with Gasteiger partial charge in [-0.1, -0.05) is 6.07 Å². The second-order valence-corrected chi connectivity index (χ2v) is 9.71. The molecule has 1 amide bonds. The van der Waals surface area contributed by atoms with Crippen molar-refractivity contribution < 1.29 is 37.6 Å². The number of amides is 1. The molecule has 5 rings (SSSR count). The standard InChI is InChI=1S/C32H28F2N4O6/c1-16-12-18(33)6-8-20(16)27-17(2)36-23(15-41-3)28(30(27)39)31(40)37-19-7-9-24(21(34)13-19)44-25-10-11-35-22-14-26(42-4)32(43-5)38-29(22)25/h6-14H,15H2,1-5H3,(H,36,39)(H,37,40). The van der Waals surface area contributed by atoms with Gasteiger partial charge in [0.15, 0.2) is 23.1 Å². The van der Waals surface area contributed by atoms with Crippen molar-refractivity contribution in [2.45, 2.75) is 20.5 Å². The summed E-state index contributed by atoms with van der Waals surface area (Å²) in [6, 6.07) is 11.1. The van der Waals surface area contributed by atoms with E-state index in [4.69, 9.17) is 18.9 Å². The second-order valence-electron chi connectivity index (χ2n) is 9.71. The fourth-order valence-electron chi connectivity index (χ4n) is 4.82. The highest BCUT2D eigenvalue weighted by Gasteiger charge is 2.25. The third-order valence-corrected chi connectivity index (χ3v) is 6.82. The van der Waals surface area contributed by atoms with Crippen LogP contribution < -0.4 is 19.5 Å². The van der Waals surface area contributed by atoms with Gasteiger partial charge in [0.2, 0.25) is 0 Å². The van der Waals surface area contributed by atoms with E-state index < -0.39 is 17.5 Å². The Morgan fingerprint density at radius 1 is 0.932 bits per heavy atom. The highest BCUT2D eigenvalue weighted by atomic mass is 19.1. The van der Waals surface area contributed by atoms with Crippen molar-refractivity contribution in [3.63, 3.8) is 0 Å². The number of methoxy groups -OCH3 is 3. The molecule has 10 nitrogen and oxygen atoms in total. The molecule has 0 spiro atoms. The molecule has 0 saturated heterocycles. The summed E-state index contributed by atoms with van der Waals surface area (Å²) in [4.78, 5) is 26.6. The summed E-state index contributed by atoms with van der Waals surface area (Å²) in [7, 11) is 4.34. The zero-order valence-electron chi connectivity index (χ0n) is 24.5. The first kappa shape index (κ1) is 30.1. The summed E-state index contributed by atoms with van der Waals surface area (Å²) in [5, 5.41) is 13.9. The number of rotatable bonds is 9. The van der Waals surface area contributed by atoms with Gasteiger partial charge in [0.25, 0.3) is 11.8 Å². The molecule has 0 aliphatic rings. The Kier molecular flexibility index (Phi) is 8.54. The molecular weight excluding hydrogens is 574 g/mol. The maximum Gasteiger partial charge on any atom is 0.261 e. The van der Waals surface area contributed by atoms with Gasteiger partial charge in [0, 0.05) is 48.5 Å². The fourth-order valence-corrected chi connectivity index (χ4v) is 4.82. The first-order chi connectivity index (χ1) is 21.1. The smallest absolute Gasteiger partial charge is 0.261 e. The molecule has 44 heavy (non-hydrogen) atoms. The second kappa shape index (κ2) is 12.5. The number of aromatic hydroxyl groups is 1. The van der Waals surface area contributed by atoms with Gasteiger partial charge < -0.3 is 29.4 Å². The highest BCUT2D eigenvalue weighted by molar-refractivity contribution is 6.08. The predicted molar refractivity (Wildman–Crippen MR) is 159 cm³/mol. The molecule has 0 unspecified atom stereocenters. The van der Waals surface area contributed by atoms with Crippen LogP contribution >= 0.6 is 0 Å². The third kappa shape index (κ3) is 5.79. The van der Waals surface area contributed by atoms with Crippen molar-refractivity contribution >= 4 is 22.6 Å². The van der Waals surface area contributed by atoms with E-state index in [1.807, 2.05) is 0 Å². The molecule has 2 N–H and O–H groups in total. The van der Waals surface area contributed by atoms with Crippen molar-refractivity contribution in [3.05, 3.63) is 88.9 Å². The van der Waals surface area contributed by atoms with Gasteiger partial charge in [-0.05, 0) is 49.2 Å². The van der Waals surface area contributed by atoms with Crippen LogP contribution in [-0.2, 0) is 11.3 Å². The molecule has 226 valence electrons. The molecular formula is C32H28F2N4O6. The van der Waals surface area contributed by atoms with E-state index >= 15 is 4.39 Å². The number of carbonyl (C=O) groups excluding carboxylic acids is 1. The van der Waals surface area contributed by atoms with Crippen molar-refractivity contribution in [1.29, 1.82) is 0 Å². The molecule has 0 aliphatic heterocycles. The van der Waals surface area contributed by atoms with E-state index in [1.165, 1.54) is 63.9 Å². The van der Waals surface area contributed by atoms with E-state index in [0.717, 1.165) is 6.07 Å². The Labute approximate surface area is 251 Å². The molecule has 5 aromatic rings. The number of benzene rings is 2. The van der Waals surface area contributed by atoms with Crippen molar-refractivity contribution in [2.75, 3.05) is 26.6 Å². The molecule has 2 aromatic carbocycles. The number of carbonyl (C=O) groups is 1. The summed E-state index contributed by atoms with van der Waals surface area (Å²) in [5.74, 6) is -1.67. The number of fused-ring (bicyclic) bond motifs is 1. The van der Waals surface area contributed by atoms with Gasteiger partial charge in [-0.15, -0.1) is 0 Å². The highest BCUT2D eigenvalue weighted by Crippen LogP contribution is 2.39. The largest absolute Gasteiger partial charge is 0.506 e. The Hall–Kier alpha value is -5.36. The van der Waals surface area contributed by atoms with E-state index in [9.17, 15) is 14.3 Å². The van der Waals surface area contributed by atoms with Gasteiger partial charge in [-0.2, -0.15) is 0 Å². The Balaban J connectivity index is 1.46. The maximum atomic E-state index is 15.3. The average Bonchev–Trinajstić information content (AvgIpc) is 2.99. The van der Waals surface area contributed by atoms with Crippen LogP contribution in [0.4, 0.5) is 14.5 Å². The molecule has 3 heterocycles. The van der Waals surface area contributed by atoms with Crippen LogP contribution in [0.25, 0.3) is 22.2 Å². The fraction of sp³-hybridized carbons (Fsp3) is 0.188.